The molecular weight excluding hydrogens is 170 g/mol. The Morgan fingerprint density at radius 1 is 1.00 bits per heavy atom. The molecule has 0 aliphatic heterocycles. The van der Waals surface area contributed by atoms with Crippen molar-refractivity contribution < 1.29 is 0 Å². The lowest BCUT2D eigenvalue weighted by molar-refractivity contribution is 0.643. The Morgan fingerprint density at radius 3 is 1.79 bits per heavy atom. The molecule has 0 spiro atoms. The second-order valence-electron chi connectivity index (χ2n) is 4.18. The van der Waals surface area contributed by atoms with E-state index >= 15 is 0 Å². The first-order valence-electron chi connectivity index (χ1n) is 5.23. The van der Waals surface area contributed by atoms with Crippen molar-refractivity contribution in [2.75, 3.05) is 7.05 Å². The van der Waals surface area contributed by atoms with Crippen LogP contribution in [0.4, 0.5) is 0 Å². The molecule has 78 valence electrons. The number of hydrogen-bond acceptors (Lipinski definition) is 1. The summed E-state index contributed by atoms with van der Waals surface area (Å²) in [6.07, 6.45) is 0. The summed E-state index contributed by atoms with van der Waals surface area (Å²) < 4.78 is 0. The van der Waals surface area contributed by atoms with Crippen LogP contribution in [-0.4, -0.2) is 7.05 Å². The van der Waals surface area contributed by atoms with Gasteiger partial charge in [-0.15, -0.1) is 0 Å². The fourth-order valence-corrected chi connectivity index (χ4v) is 2.04. The van der Waals surface area contributed by atoms with Crippen LogP contribution in [0.1, 0.15) is 40.8 Å². The van der Waals surface area contributed by atoms with E-state index < -0.39 is 0 Å². The zero-order chi connectivity index (χ0) is 10.9. The first-order valence-corrected chi connectivity index (χ1v) is 5.23. The van der Waals surface area contributed by atoms with E-state index in [1.165, 1.54) is 27.8 Å². The molecule has 0 heterocycles. The largest absolute Gasteiger partial charge is 0.313 e. The summed E-state index contributed by atoms with van der Waals surface area (Å²) in [6, 6.07) is 2.71. The van der Waals surface area contributed by atoms with Crippen molar-refractivity contribution in [1.82, 2.24) is 5.32 Å². The van der Waals surface area contributed by atoms with E-state index in [1.807, 2.05) is 7.05 Å². The molecule has 1 nitrogen and oxygen atoms in total. The van der Waals surface area contributed by atoms with E-state index in [0.29, 0.717) is 6.04 Å². The third-order valence-corrected chi connectivity index (χ3v) is 3.29. The molecule has 1 heteroatoms. The summed E-state index contributed by atoms with van der Waals surface area (Å²) in [5, 5.41) is 3.32. The molecule has 1 aromatic carbocycles. The summed E-state index contributed by atoms with van der Waals surface area (Å²) in [7, 11) is 2.02. The van der Waals surface area contributed by atoms with E-state index in [1.54, 1.807) is 0 Å². The first kappa shape index (κ1) is 11.3. The number of nitrogens with one attached hydrogen (secondary N) is 1. The maximum Gasteiger partial charge on any atom is 0.0294 e. The molecule has 1 N–H and O–H groups in total. The van der Waals surface area contributed by atoms with E-state index in [4.69, 9.17) is 0 Å². The SMILES string of the molecule is CNC(C)c1c(C)c(C)cc(C)c1C. The molecule has 0 radical (unpaired) electrons. The maximum absolute atomic E-state index is 3.32. The third kappa shape index (κ3) is 1.83. The van der Waals surface area contributed by atoms with Crippen LogP contribution in [0.15, 0.2) is 6.07 Å². The van der Waals surface area contributed by atoms with Crippen LogP contribution in [-0.2, 0) is 0 Å². The lowest BCUT2D eigenvalue weighted by Crippen LogP contribution is -2.16. The minimum Gasteiger partial charge on any atom is -0.313 e. The first-order chi connectivity index (χ1) is 6.49. The molecule has 1 rings (SSSR count). The Balaban J connectivity index is 3.39. The van der Waals surface area contributed by atoms with Gasteiger partial charge in [-0.25, -0.2) is 0 Å². The van der Waals surface area contributed by atoms with Crippen LogP contribution in [0, 0.1) is 27.7 Å². The molecule has 14 heavy (non-hydrogen) atoms. The lowest BCUT2D eigenvalue weighted by Gasteiger charge is -2.20. The molecule has 0 bridgehead atoms. The number of benzene rings is 1. The van der Waals surface area contributed by atoms with Gasteiger partial charge in [0.25, 0.3) is 0 Å². The van der Waals surface area contributed by atoms with Crippen LogP contribution >= 0.6 is 0 Å². The van der Waals surface area contributed by atoms with E-state index in [0.717, 1.165) is 0 Å². The zero-order valence-electron chi connectivity index (χ0n) is 10.2. The molecular formula is C13H21N. The monoisotopic (exact) mass is 191 g/mol. The van der Waals surface area contributed by atoms with Gasteiger partial charge in [0.05, 0.1) is 0 Å². The van der Waals surface area contributed by atoms with Crippen LogP contribution in [0.3, 0.4) is 0 Å². The predicted octanol–water partition coefficient (Wildman–Crippen LogP) is 3.20. The van der Waals surface area contributed by atoms with Crippen LogP contribution in [0.5, 0.6) is 0 Å². The highest BCUT2D eigenvalue weighted by Gasteiger charge is 2.12. The minimum atomic E-state index is 0.439. The average molecular weight is 191 g/mol. The van der Waals surface area contributed by atoms with E-state index in [9.17, 15) is 0 Å². The van der Waals surface area contributed by atoms with Gasteiger partial charge in [0.2, 0.25) is 0 Å². The molecule has 1 atom stereocenters. The van der Waals surface area contributed by atoms with Gasteiger partial charge in [-0.3, -0.25) is 0 Å². The molecule has 0 aliphatic rings. The highest BCUT2D eigenvalue weighted by Crippen LogP contribution is 2.26. The maximum atomic E-state index is 3.32. The fourth-order valence-electron chi connectivity index (χ4n) is 2.04. The van der Waals surface area contributed by atoms with Crippen molar-refractivity contribution in [3.8, 4) is 0 Å². The van der Waals surface area contributed by atoms with Gasteiger partial charge in [0, 0.05) is 6.04 Å². The Hall–Kier alpha value is -0.820. The van der Waals surface area contributed by atoms with Gasteiger partial charge in [0.1, 0.15) is 0 Å². The Labute approximate surface area is 87.5 Å². The van der Waals surface area contributed by atoms with Crippen molar-refractivity contribution >= 4 is 0 Å². The standard InChI is InChI=1S/C13H21N/c1-8-7-9(2)11(4)13(10(8)3)12(5)14-6/h7,12,14H,1-6H3. The minimum absolute atomic E-state index is 0.439. The van der Waals surface area contributed by atoms with Crippen molar-refractivity contribution in [3.63, 3.8) is 0 Å². The summed E-state index contributed by atoms with van der Waals surface area (Å²) >= 11 is 0. The summed E-state index contributed by atoms with van der Waals surface area (Å²) in [4.78, 5) is 0. The van der Waals surface area contributed by atoms with Gasteiger partial charge >= 0.3 is 0 Å². The topological polar surface area (TPSA) is 12.0 Å². The van der Waals surface area contributed by atoms with E-state index in [2.05, 4.69) is 46.0 Å². The molecule has 0 saturated heterocycles. The fraction of sp³-hybridized carbons (Fsp3) is 0.538. The number of hydrogen-bond donors (Lipinski definition) is 1. The van der Waals surface area contributed by atoms with Gasteiger partial charge < -0.3 is 5.32 Å². The number of aryl methyl sites for hydroxylation is 2. The van der Waals surface area contributed by atoms with Gasteiger partial charge in [-0.1, -0.05) is 6.07 Å². The normalized spacial score (nSPS) is 13.0. The summed E-state index contributed by atoms with van der Waals surface area (Å²) in [5.41, 5.74) is 7.10. The number of rotatable bonds is 2. The second kappa shape index (κ2) is 4.14. The Morgan fingerprint density at radius 2 is 1.43 bits per heavy atom. The van der Waals surface area contributed by atoms with Gasteiger partial charge in [-0.05, 0) is 69.5 Å². The van der Waals surface area contributed by atoms with Crippen molar-refractivity contribution in [3.05, 3.63) is 33.9 Å². The smallest absolute Gasteiger partial charge is 0.0294 e. The molecule has 0 aromatic heterocycles. The second-order valence-corrected chi connectivity index (χ2v) is 4.18. The third-order valence-electron chi connectivity index (χ3n) is 3.29. The molecule has 1 unspecified atom stereocenters. The van der Waals surface area contributed by atoms with Crippen LogP contribution in [0.25, 0.3) is 0 Å². The van der Waals surface area contributed by atoms with Crippen molar-refractivity contribution in [2.24, 2.45) is 0 Å². The molecule has 0 saturated carbocycles. The van der Waals surface area contributed by atoms with E-state index in [-0.39, 0.29) is 0 Å². The zero-order valence-corrected chi connectivity index (χ0v) is 10.2. The average Bonchev–Trinajstić information content (AvgIpc) is 2.15. The van der Waals surface area contributed by atoms with Crippen molar-refractivity contribution in [2.45, 2.75) is 40.7 Å². The summed E-state index contributed by atoms with van der Waals surface area (Å²) in [6.45, 7) is 11.0. The van der Waals surface area contributed by atoms with Gasteiger partial charge in [-0.2, -0.15) is 0 Å². The Bertz CT molecular complexity index is 313. The molecule has 1 aromatic rings. The quantitative estimate of drug-likeness (QED) is 0.757. The van der Waals surface area contributed by atoms with Crippen molar-refractivity contribution in [1.29, 1.82) is 0 Å². The highest BCUT2D eigenvalue weighted by molar-refractivity contribution is 5.45. The predicted molar refractivity (Wildman–Crippen MR) is 62.9 cm³/mol. The van der Waals surface area contributed by atoms with Gasteiger partial charge in [0.15, 0.2) is 0 Å². The summed E-state index contributed by atoms with van der Waals surface area (Å²) in [5.74, 6) is 0. The lowest BCUT2D eigenvalue weighted by atomic mass is 9.90. The molecule has 0 aliphatic carbocycles. The van der Waals surface area contributed by atoms with Crippen LogP contribution < -0.4 is 5.32 Å². The molecule has 0 fully saturated rings. The Kier molecular flexibility index (Phi) is 3.33. The highest BCUT2D eigenvalue weighted by atomic mass is 14.9. The molecule has 0 amide bonds. The van der Waals surface area contributed by atoms with Crippen LogP contribution in [0.2, 0.25) is 0 Å².